The molecule has 248 valence electrons. The molecule has 1 aliphatic heterocycles. The average molecular weight is 671 g/mol. The summed E-state index contributed by atoms with van der Waals surface area (Å²) in [5.74, 6) is 1.26. The van der Waals surface area contributed by atoms with Crippen LogP contribution in [0, 0.1) is 0 Å². The van der Waals surface area contributed by atoms with E-state index < -0.39 is 0 Å². The fraction of sp³-hybridized carbons (Fsp3) is 0.0426. The number of nitrogens with zero attached hydrogens (tertiary/aromatic N) is 3. The van der Waals surface area contributed by atoms with Crippen LogP contribution in [-0.4, -0.2) is 21.2 Å². The lowest BCUT2D eigenvalue weighted by Gasteiger charge is -2.14. The van der Waals surface area contributed by atoms with E-state index in [0.717, 1.165) is 66.8 Å². The molecule has 9 aromatic rings. The van der Waals surface area contributed by atoms with Crippen LogP contribution in [0.2, 0.25) is 0 Å². The first-order valence-electron chi connectivity index (χ1n) is 17.7. The molecular weight excluding hydrogens is 637 g/mol. The third-order valence-electron chi connectivity index (χ3n) is 10.3. The molecule has 0 bridgehead atoms. The SMILES string of the molecule is CC1Oc2ccccc2/C1=C(/N=C(N)n1c2ccccc2c2cc(-c3ccc4c(c3)c3ccccc3n4-c3ccccc3)ccc21)c1ccccc1. The minimum atomic E-state index is -0.177. The van der Waals surface area contributed by atoms with E-state index in [9.17, 15) is 0 Å². The van der Waals surface area contributed by atoms with Crippen LogP contribution in [-0.2, 0) is 0 Å². The van der Waals surface area contributed by atoms with Gasteiger partial charge in [0, 0.05) is 43.9 Å². The average Bonchev–Trinajstić information content (AvgIpc) is 3.83. The van der Waals surface area contributed by atoms with Crippen LogP contribution >= 0.6 is 0 Å². The molecule has 0 spiro atoms. The fourth-order valence-corrected chi connectivity index (χ4v) is 8.03. The number of para-hydroxylation sites is 4. The van der Waals surface area contributed by atoms with Crippen molar-refractivity contribution in [2.24, 2.45) is 10.7 Å². The van der Waals surface area contributed by atoms with Gasteiger partial charge in [0.05, 0.1) is 27.8 Å². The molecule has 10 rings (SSSR count). The van der Waals surface area contributed by atoms with Crippen LogP contribution in [0.25, 0.3) is 71.7 Å². The van der Waals surface area contributed by atoms with Gasteiger partial charge in [-0.05, 0) is 72.6 Å². The Morgan fingerprint density at radius 1 is 0.558 bits per heavy atom. The summed E-state index contributed by atoms with van der Waals surface area (Å²) in [4.78, 5) is 5.25. The van der Waals surface area contributed by atoms with Gasteiger partial charge in [-0.25, -0.2) is 4.99 Å². The number of aliphatic imine (C=N–C) groups is 1. The van der Waals surface area contributed by atoms with E-state index in [2.05, 4.69) is 150 Å². The topological polar surface area (TPSA) is 57.5 Å². The highest BCUT2D eigenvalue weighted by molar-refractivity contribution is 6.16. The summed E-state index contributed by atoms with van der Waals surface area (Å²) >= 11 is 0. The summed E-state index contributed by atoms with van der Waals surface area (Å²) in [6.07, 6.45) is -0.177. The minimum Gasteiger partial charge on any atom is -0.485 e. The maximum atomic E-state index is 7.09. The van der Waals surface area contributed by atoms with Crippen LogP contribution in [0.3, 0.4) is 0 Å². The quantitative estimate of drug-likeness (QED) is 0.150. The zero-order valence-corrected chi connectivity index (χ0v) is 28.6. The maximum absolute atomic E-state index is 7.09. The predicted octanol–water partition coefficient (Wildman–Crippen LogP) is 11.1. The second-order valence-corrected chi connectivity index (χ2v) is 13.4. The van der Waals surface area contributed by atoms with E-state index >= 15 is 0 Å². The van der Waals surface area contributed by atoms with Crippen molar-refractivity contribution in [2.45, 2.75) is 13.0 Å². The molecule has 1 unspecified atom stereocenters. The van der Waals surface area contributed by atoms with Gasteiger partial charge >= 0.3 is 0 Å². The molecule has 1 aliphatic rings. The second-order valence-electron chi connectivity index (χ2n) is 13.4. The third-order valence-corrected chi connectivity index (χ3v) is 10.3. The lowest BCUT2D eigenvalue weighted by Crippen LogP contribution is -2.22. The first-order valence-corrected chi connectivity index (χ1v) is 17.7. The zero-order valence-electron chi connectivity index (χ0n) is 28.6. The summed E-state index contributed by atoms with van der Waals surface area (Å²) in [7, 11) is 0. The lowest BCUT2D eigenvalue weighted by atomic mass is 9.97. The number of aromatic nitrogens is 2. The molecule has 2 N–H and O–H groups in total. The van der Waals surface area contributed by atoms with Gasteiger partial charge in [0.2, 0.25) is 5.96 Å². The molecular formula is C47H34N4O. The van der Waals surface area contributed by atoms with E-state index in [0.29, 0.717) is 5.96 Å². The Hall–Kier alpha value is -6.85. The Morgan fingerprint density at radius 3 is 1.85 bits per heavy atom. The van der Waals surface area contributed by atoms with Gasteiger partial charge in [0.25, 0.3) is 0 Å². The molecule has 0 saturated heterocycles. The van der Waals surface area contributed by atoms with E-state index in [4.69, 9.17) is 15.5 Å². The summed E-state index contributed by atoms with van der Waals surface area (Å²) in [6.45, 7) is 2.07. The van der Waals surface area contributed by atoms with Gasteiger partial charge in [0.1, 0.15) is 11.9 Å². The van der Waals surface area contributed by atoms with Crippen LogP contribution in [0.5, 0.6) is 5.75 Å². The molecule has 5 nitrogen and oxygen atoms in total. The van der Waals surface area contributed by atoms with E-state index in [1.54, 1.807) is 0 Å². The molecule has 0 aliphatic carbocycles. The first-order chi connectivity index (χ1) is 25.6. The second kappa shape index (κ2) is 11.9. The van der Waals surface area contributed by atoms with Crippen molar-refractivity contribution in [2.75, 3.05) is 0 Å². The molecule has 52 heavy (non-hydrogen) atoms. The van der Waals surface area contributed by atoms with Gasteiger partial charge in [-0.2, -0.15) is 0 Å². The van der Waals surface area contributed by atoms with Crippen molar-refractivity contribution in [1.82, 2.24) is 9.13 Å². The molecule has 0 radical (unpaired) electrons. The van der Waals surface area contributed by atoms with Crippen molar-refractivity contribution < 1.29 is 4.74 Å². The number of benzene rings is 7. The summed E-state index contributed by atoms with van der Waals surface area (Å²) in [6, 6.07) is 59.5. The molecule has 2 aromatic heterocycles. The number of nitrogens with two attached hydrogens (primary N) is 1. The van der Waals surface area contributed by atoms with E-state index in [-0.39, 0.29) is 6.10 Å². The van der Waals surface area contributed by atoms with Crippen molar-refractivity contribution in [3.63, 3.8) is 0 Å². The van der Waals surface area contributed by atoms with Crippen LogP contribution < -0.4 is 10.5 Å². The predicted molar refractivity (Wildman–Crippen MR) is 216 cm³/mol. The number of ether oxygens (including phenoxy) is 1. The van der Waals surface area contributed by atoms with Crippen molar-refractivity contribution in [3.8, 4) is 22.6 Å². The normalized spacial score (nSPS) is 15.4. The van der Waals surface area contributed by atoms with Crippen molar-refractivity contribution in [3.05, 3.63) is 181 Å². The van der Waals surface area contributed by atoms with Crippen LogP contribution in [0.4, 0.5) is 0 Å². The van der Waals surface area contributed by atoms with Gasteiger partial charge in [0.15, 0.2) is 0 Å². The van der Waals surface area contributed by atoms with Crippen molar-refractivity contribution >= 4 is 60.8 Å². The molecule has 0 saturated carbocycles. The highest BCUT2D eigenvalue weighted by atomic mass is 16.5. The highest BCUT2D eigenvalue weighted by Crippen LogP contribution is 2.43. The fourth-order valence-electron chi connectivity index (χ4n) is 8.03. The molecule has 0 fully saturated rings. The van der Waals surface area contributed by atoms with E-state index in [1.807, 2.05) is 36.4 Å². The first kappa shape index (κ1) is 30.0. The number of rotatable bonds is 4. The summed E-state index contributed by atoms with van der Waals surface area (Å²) < 4.78 is 10.7. The zero-order chi connectivity index (χ0) is 34.8. The largest absolute Gasteiger partial charge is 0.485 e. The summed E-state index contributed by atoms with van der Waals surface area (Å²) in [5, 5.41) is 4.70. The molecule has 1 atom stereocenters. The van der Waals surface area contributed by atoms with Gasteiger partial charge in [-0.1, -0.05) is 115 Å². The molecule has 7 aromatic carbocycles. The smallest absolute Gasteiger partial charge is 0.205 e. The Kier molecular flexibility index (Phi) is 6.86. The monoisotopic (exact) mass is 670 g/mol. The molecule has 5 heteroatoms. The number of fused-ring (bicyclic) bond motifs is 7. The third kappa shape index (κ3) is 4.67. The van der Waals surface area contributed by atoms with E-state index in [1.165, 1.54) is 21.8 Å². The molecule has 0 amide bonds. The Morgan fingerprint density at radius 2 is 1.10 bits per heavy atom. The highest BCUT2D eigenvalue weighted by Gasteiger charge is 2.29. The Balaban J connectivity index is 1.15. The Labute approximate surface area is 301 Å². The summed E-state index contributed by atoms with van der Waals surface area (Å²) in [5.41, 5.74) is 18.8. The maximum Gasteiger partial charge on any atom is 0.205 e. The van der Waals surface area contributed by atoms with Crippen LogP contribution in [0.1, 0.15) is 18.1 Å². The number of hydrogen-bond donors (Lipinski definition) is 1. The molecule has 3 heterocycles. The lowest BCUT2D eigenvalue weighted by molar-refractivity contribution is 0.297. The Bertz CT molecular complexity index is 2900. The van der Waals surface area contributed by atoms with Gasteiger partial charge < -0.3 is 15.0 Å². The minimum absolute atomic E-state index is 0.177. The van der Waals surface area contributed by atoms with Crippen molar-refractivity contribution in [1.29, 1.82) is 0 Å². The van der Waals surface area contributed by atoms with Crippen LogP contribution in [0.15, 0.2) is 175 Å². The standard InChI is InChI=1S/C47H34N4O/c1-30-45(37-20-10-13-23-44(37)52-30)46(31-14-4-2-5-15-31)49-47(48)51-41-22-12-9-19-36(41)39-29-33(25-27-43(39)51)32-24-26-42-38(28-32)35-18-8-11-21-40(35)50(42)34-16-6-3-7-17-34/h2-30H,1H3,(H2,48,49)/b46-45+. The number of hydrogen-bond acceptors (Lipinski definition) is 2. The van der Waals surface area contributed by atoms with Gasteiger partial charge in [-0.3, -0.25) is 4.57 Å². The van der Waals surface area contributed by atoms with Gasteiger partial charge in [-0.15, -0.1) is 0 Å².